The monoisotopic (exact) mass is 211 g/mol. The number of hydrogen-bond acceptors (Lipinski definition) is 3. The van der Waals surface area contributed by atoms with Gasteiger partial charge in [0.1, 0.15) is 0 Å². The largest absolute Gasteiger partial charge is 0.355 e. The molecular formula is C10H17N3O2. The van der Waals surface area contributed by atoms with Gasteiger partial charge in [0.15, 0.2) is 0 Å². The third-order valence-corrected chi connectivity index (χ3v) is 3.03. The Balaban J connectivity index is 1.99. The lowest BCUT2D eigenvalue weighted by Gasteiger charge is -2.24. The van der Waals surface area contributed by atoms with Crippen LogP contribution in [0.3, 0.4) is 0 Å². The molecule has 0 saturated carbocycles. The number of nitrogens with zero attached hydrogens (tertiary/aromatic N) is 1. The zero-order valence-corrected chi connectivity index (χ0v) is 8.79. The van der Waals surface area contributed by atoms with Gasteiger partial charge in [0.25, 0.3) is 0 Å². The van der Waals surface area contributed by atoms with Gasteiger partial charge in [0.2, 0.25) is 11.8 Å². The molecule has 1 atom stereocenters. The van der Waals surface area contributed by atoms with Crippen molar-refractivity contribution in [3.63, 3.8) is 0 Å². The second-order valence-corrected chi connectivity index (χ2v) is 4.12. The highest BCUT2D eigenvalue weighted by atomic mass is 16.2. The van der Waals surface area contributed by atoms with Crippen LogP contribution in [0.5, 0.6) is 0 Å². The molecule has 2 heterocycles. The Kier molecular flexibility index (Phi) is 3.20. The minimum atomic E-state index is -0.0882. The van der Waals surface area contributed by atoms with Gasteiger partial charge >= 0.3 is 0 Å². The highest BCUT2D eigenvalue weighted by molar-refractivity contribution is 5.87. The first-order valence-corrected chi connectivity index (χ1v) is 5.56. The van der Waals surface area contributed by atoms with E-state index >= 15 is 0 Å². The summed E-state index contributed by atoms with van der Waals surface area (Å²) in [5.74, 6) is -0.0839. The Morgan fingerprint density at radius 3 is 2.80 bits per heavy atom. The van der Waals surface area contributed by atoms with Crippen LogP contribution in [0.25, 0.3) is 0 Å². The second-order valence-electron chi connectivity index (χ2n) is 4.12. The van der Waals surface area contributed by atoms with E-state index in [1.807, 2.05) is 0 Å². The first-order chi connectivity index (χ1) is 7.27. The molecule has 2 amide bonds. The highest BCUT2D eigenvalue weighted by Gasteiger charge is 2.30. The molecule has 0 aromatic carbocycles. The van der Waals surface area contributed by atoms with Crippen molar-refractivity contribution in [3.05, 3.63) is 0 Å². The number of carbonyl (C=O) groups is 2. The van der Waals surface area contributed by atoms with E-state index in [0.29, 0.717) is 6.54 Å². The number of carbonyl (C=O) groups excluding carboxylic acids is 2. The van der Waals surface area contributed by atoms with Crippen LogP contribution in [-0.2, 0) is 9.59 Å². The Labute approximate surface area is 89.2 Å². The lowest BCUT2D eigenvalue weighted by Crippen LogP contribution is -2.48. The molecule has 5 heteroatoms. The lowest BCUT2D eigenvalue weighted by atomic mass is 10.2. The van der Waals surface area contributed by atoms with E-state index in [2.05, 4.69) is 15.5 Å². The molecule has 0 aromatic heterocycles. The second kappa shape index (κ2) is 4.61. The molecule has 2 aliphatic rings. The van der Waals surface area contributed by atoms with Gasteiger partial charge in [-0.2, -0.15) is 0 Å². The Bertz CT molecular complexity index is 267. The van der Waals surface area contributed by atoms with Gasteiger partial charge in [-0.05, 0) is 25.8 Å². The van der Waals surface area contributed by atoms with Crippen LogP contribution < -0.4 is 10.6 Å². The molecule has 0 spiro atoms. The van der Waals surface area contributed by atoms with Crippen LogP contribution in [0, 0.1) is 0 Å². The topological polar surface area (TPSA) is 61.4 Å². The van der Waals surface area contributed by atoms with E-state index in [0.717, 1.165) is 32.4 Å². The predicted octanol–water partition coefficient (Wildman–Crippen LogP) is -0.913. The van der Waals surface area contributed by atoms with Gasteiger partial charge in [0, 0.05) is 13.1 Å². The summed E-state index contributed by atoms with van der Waals surface area (Å²) in [5.41, 5.74) is 0. The fourth-order valence-electron chi connectivity index (χ4n) is 2.25. The Morgan fingerprint density at radius 2 is 1.93 bits per heavy atom. The molecule has 84 valence electrons. The van der Waals surface area contributed by atoms with Crippen LogP contribution >= 0.6 is 0 Å². The van der Waals surface area contributed by atoms with Crippen LogP contribution in [0.4, 0.5) is 0 Å². The molecular weight excluding hydrogens is 194 g/mol. The summed E-state index contributed by atoms with van der Waals surface area (Å²) in [4.78, 5) is 25.1. The summed E-state index contributed by atoms with van der Waals surface area (Å²) < 4.78 is 0. The maximum atomic E-state index is 11.7. The number of amides is 2. The summed E-state index contributed by atoms with van der Waals surface area (Å²) in [6, 6.07) is -0.00380. The van der Waals surface area contributed by atoms with Gasteiger partial charge in [-0.15, -0.1) is 0 Å². The first-order valence-electron chi connectivity index (χ1n) is 5.56. The highest BCUT2D eigenvalue weighted by Crippen LogP contribution is 2.17. The number of fused-ring (bicyclic) bond motifs is 1. The summed E-state index contributed by atoms with van der Waals surface area (Å²) in [6.45, 7) is 2.73. The summed E-state index contributed by atoms with van der Waals surface area (Å²) >= 11 is 0. The normalized spacial score (nSPS) is 29.2. The molecule has 15 heavy (non-hydrogen) atoms. The van der Waals surface area contributed by atoms with Crippen molar-refractivity contribution in [2.75, 3.05) is 26.2 Å². The molecule has 0 radical (unpaired) electrons. The fraction of sp³-hybridized carbons (Fsp3) is 0.800. The molecule has 2 rings (SSSR count). The number of hydrogen-bond donors (Lipinski definition) is 2. The van der Waals surface area contributed by atoms with Crippen molar-refractivity contribution in [2.24, 2.45) is 0 Å². The van der Waals surface area contributed by atoms with Crippen molar-refractivity contribution in [2.45, 2.75) is 25.3 Å². The van der Waals surface area contributed by atoms with E-state index in [4.69, 9.17) is 0 Å². The van der Waals surface area contributed by atoms with Crippen LogP contribution in [0.2, 0.25) is 0 Å². The molecule has 2 aliphatic heterocycles. The molecule has 2 fully saturated rings. The molecule has 0 unspecified atom stereocenters. The lowest BCUT2D eigenvalue weighted by molar-refractivity contribution is -0.129. The number of nitrogens with one attached hydrogen (secondary N) is 2. The van der Waals surface area contributed by atoms with E-state index in [-0.39, 0.29) is 24.4 Å². The zero-order valence-electron chi connectivity index (χ0n) is 8.79. The van der Waals surface area contributed by atoms with Crippen molar-refractivity contribution in [3.8, 4) is 0 Å². The maximum absolute atomic E-state index is 11.7. The van der Waals surface area contributed by atoms with Gasteiger partial charge in [0.05, 0.1) is 12.6 Å². The van der Waals surface area contributed by atoms with Crippen LogP contribution in [0.1, 0.15) is 19.3 Å². The van der Waals surface area contributed by atoms with Gasteiger partial charge < -0.3 is 10.6 Å². The molecule has 0 bridgehead atoms. The third-order valence-electron chi connectivity index (χ3n) is 3.03. The van der Waals surface area contributed by atoms with Crippen LogP contribution in [-0.4, -0.2) is 48.9 Å². The quantitative estimate of drug-likeness (QED) is 0.545. The van der Waals surface area contributed by atoms with E-state index in [9.17, 15) is 9.59 Å². The first kappa shape index (κ1) is 10.4. The zero-order chi connectivity index (χ0) is 10.7. The SMILES string of the molecule is O=C1CNC(=O)[C@@H]2CCCN2CCCN1. The smallest absolute Gasteiger partial charge is 0.239 e. The van der Waals surface area contributed by atoms with E-state index in [1.54, 1.807) is 0 Å². The third kappa shape index (κ3) is 2.47. The van der Waals surface area contributed by atoms with Crippen molar-refractivity contribution >= 4 is 11.8 Å². The summed E-state index contributed by atoms with van der Waals surface area (Å²) in [5, 5.41) is 5.45. The average Bonchev–Trinajstić information content (AvgIpc) is 2.68. The summed E-state index contributed by atoms with van der Waals surface area (Å²) in [6.07, 6.45) is 2.93. The van der Waals surface area contributed by atoms with Gasteiger partial charge in [-0.1, -0.05) is 0 Å². The Hall–Kier alpha value is -1.10. The van der Waals surface area contributed by atoms with Gasteiger partial charge in [-0.3, -0.25) is 14.5 Å². The predicted molar refractivity (Wildman–Crippen MR) is 55.2 cm³/mol. The molecule has 2 N–H and O–H groups in total. The molecule has 2 saturated heterocycles. The van der Waals surface area contributed by atoms with E-state index in [1.165, 1.54) is 0 Å². The molecule has 0 aromatic rings. The molecule has 5 nitrogen and oxygen atoms in total. The van der Waals surface area contributed by atoms with Crippen molar-refractivity contribution in [1.82, 2.24) is 15.5 Å². The molecule has 0 aliphatic carbocycles. The van der Waals surface area contributed by atoms with E-state index < -0.39 is 0 Å². The van der Waals surface area contributed by atoms with Gasteiger partial charge in [-0.25, -0.2) is 0 Å². The van der Waals surface area contributed by atoms with Crippen molar-refractivity contribution in [1.29, 1.82) is 0 Å². The maximum Gasteiger partial charge on any atom is 0.239 e. The minimum Gasteiger partial charge on any atom is -0.355 e. The fourth-order valence-corrected chi connectivity index (χ4v) is 2.25. The standard InChI is InChI=1S/C10H17N3O2/c14-9-7-12-10(15)8-3-1-5-13(8)6-2-4-11-9/h8H,1-7H2,(H,11,14)(H,12,15)/t8-/m0/s1. The Morgan fingerprint density at radius 1 is 1.13 bits per heavy atom. The summed E-state index contributed by atoms with van der Waals surface area (Å²) in [7, 11) is 0. The number of rotatable bonds is 0. The average molecular weight is 211 g/mol. The van der Waals surface area contributed by atoms with Crippen LogP contribution in [0.15, 0.2) is 0 Å². The van der Waals surface area contributed by atoms with Crippen molar-refractivity contribution < 1.29 is 9.59 Å². The minimum absolute atomic E-state index is 0.00380.